The lowest BCUT2D eigenvalue weighted by atomic mass is 10.2. The number of amidine groups is 2. The number of carbonyl (C=O) groups is 8. The van der Waals surface area contributed by atoms with E-state index in [0.29, 0.717) is 0 Å². The Bertz CT molecular complexity index is 3270. The average molecular weight is 1120 g/mol. The summed E-state index contributed by atoms with van der Waals surface area (Å²) < 4.78 is 8.26. The number of hydrogen-bond donors (Lipinski definition) is 12. The van der Waals surface area contributed by atoms with Crippen LogP contribution in [0.5, 0.6) is 0 Å². The number of hydrogen-bond acceptors (Lipinski definition) is 15. The van der Waals surface area contributed by atoms with Crippen LogP contribution in [0.1, 0.15) is 97.4 Å². The minimum absolute atomic E-state index is 0. The molecule has 0 spiro atoms. The average Bonchev–Trinajstić information content (AvgIpc) is 4.22. The Balaban J connectivity index is 0.00000560. The molecule has 78 heavy (non-hydrogen) atoms. The van der Waals surface area contributed by atoms with Gasteiger partial charge in [0, 0.05) is 98.8 Å². The van der Waals surface area contributed by atoms with Crippen LogP contribution in [0.15, 0.2) is 55.5 Å². The number of rotatable bonds is 20. The highest BCUT2D eigenvalue weighted by Crippen LogP contribution is 2.18. The monoisotopic (exact) mass is 1120 g/mol. The smallest absolute Gasteiger partial charge is 0.292 e. The number of amides is 8. The van der Waals surface area contributed by atoms with E-state index in [4.69, 9.17) is 22.3 Å². The summed E-state index contributed by atoms with van der Waals surface area (Å²) in [6.45, 7) is 0.381. The van der Waals surface area contributed by atoms with E-state index in [9.17, 15) is 38.4 Å². The Morgan fingerprint density at radius 2 is 0.667 bits per heavy atom. The lowest BCUT2D eigenvalue weighted by molar-refractivity contribution is -0.118. The summed E-state index contributed by atoms with van der Waals surface area (Å²) in [6.07, 6.45) is 10.1. The molecule has 7 aromatic rings. The molecule has 0 radical (unpaired) electrons. The second-order valence-corrected chi connectivity index (χ2v) is 16.7. The molecule has 0 aliphatic heterocycles. The van der Waals surface area contributed by atoms with E-state index in [1.807, 2.05) is 0 Å². The van der Waals surface area contributed by atoms with Crippen molar-refractivity contribution in [2.75, 3.05) is 45.0 Å². The number of imidazole rings is 6. The molecular formula is C43H51Cl2N25O8. The largest absolute Gasteiger partial charge is 1.00 e. The van der Waals surface area contributed by atoms with Crippen LogP contribution in [0.2, 0.25) is 0 Å². The summed E-state index contributed by atoms with van der Waals surface area (Å²) >= 11 is 0. The van der Waals surface area contributed by atoms with E-state index >= 15 is 0 Å². The van der Waals surface area contributed by atoms with Crippen LogP contribution < -0.4 is 89.6 Å². The van der Waals surface area contributed by atoms with Gasteiger partial charge in [-0.2, -0.15) is 0 Å². The van der Waals surface area contributed by atoms with Gasteiger partial charge in [-0.05, 0) is 12.1 Å². The van der Waals surface area contributed by atoms with Crippen LogP contribution in [0.3, 0.4) is 0 Å². The Morgan fingerprint density at radius 3 is 0.923 bits per heavy atom. The van der Waals surface area contributed by atoms with Crippen molar-refractivity contribution < 1.29 is 74.0 Å². The second-order valence-electron chi connectivity index (χ2n) is 16.7. The standard InChI is InChI=1S/C43H49N25O8.2ClH/c1-63-16-26(51-30(63)38(71)48-11-9-22(44)45)59-42(75)34-55-28(18-67(34)5)61-40(73)32-53-24(14-65(32)3)57-36(69)20-7-8-21(50-13-20)37(70)58-25-15-66(4)33(54-25)41(74)62-29-19-68(6)35(56-29)43(76)60-27-17-64(2)31(52-27)39(72)49-12-10-23(46)47;;/h7-8,13-19H,9-12H2,1-6H3,(H3,44,45)(H3,46,47)(H,48,71)(H,49,72)(H,57,69)(H,58,70)(H,59,75)(H,60,76)(H,61,73)(H,62,74);2*1H. The predicted octanol–water partition coefficient (Wildman–Crippen LogP) is -10.5. The lowest BCUT2D eigenvalue weighted by Gasteiger charge is -2.04. The van der Waals surface area contributed by atoms with Crippen LogP contribution in [0.25, 0.3) is 0 Å². The van der Waals surface area contributed by atoms with E-state index < -0.39 is 47.3 Å². The maximum atomic E-state index is 13.3. The Morgan fingerprint density at radius 1 is 0.410 bits per heavy atom. The molecule has 0 saturated carbocycles. The number of nitrogens with two attached hydrogens (primary N) is 4. The summed E-state index contributed by atoms with van der Waals surface area (Å²) in [4.78, 5) is 133. The van der Waals surface area contributed by atoms with Crippen molar-refractivity contribution in [1.29, 1.82) is 0 Å². The fourth-order valence-electron chi connectivity index (χ4n) is 6.94. The molecule has 0 aliphatic rings. The molecule has 7 aromatic heterocycles. The Hall–Kier alpha value is -10.3. The molecule has 7 heterocycles. The molecule has 16 N–H and O–H groups in total. The van der Waals surface area contributed by atoms with Gasteiger partial charge >= 0.3 is 0 Å². The first kappa shape index (κ1) is 58.6. The molecule has 0 aromatic carbocycles. The quantitative estimate of drug-likeness (QED) is 0.0249. The first-order valence-corrected chi connectivity index (χ1v) is 22.4. The van der Waals surface area contributed by atoms with Crippen LogP contribution >= 0.6 is 0 Å². The van der Waals surface area contributed by atoms with Crippen LogP contribution in [0.4, 0.5) is 34.9 Å². The van der Waals surface area contributed by atoms with Crippen molar-refractivity contribution >= 4 is 93.8 Å². The van der Waals surface area contributed by atoms with Crippen molar-refractivity contribution in [1.82, 2.24) is 72.9 Å². The maximum absolute atomic E-state index is 13.3. The third kappa shape index (κ3) is 14.1. The van der Waals surface area contributed by atoms with Gasteiger partial charge in [-0.3, -0.25) is 65.6 Å². The number of aromatic nitrogens is 13. The number of anilines is 6. The molecule has 0 fully saturated rings. The fourth-order valence-corrected chi connectivity index (χ4v) is 6.94. The van der Waals surface area contributed by atoms with Gasteiger partial charge in [-0.15, -0.1) is 0 Å². The molecular weight excluding hydrogens is 1070 g/mol. The zero-order valence-corrected chi connectivity index (χ0v) is 43.7. The number of carbonyl (C=O) groups excluding carboxylic acids is 8. The van der Waals surface area contributed by atoms with E-state index in [-0.39, 0.29) is 144 Å². The molecule has 0 saturated heterocycles. The molecule has 33 nitrogen and oxygen atoms in total. The molecule has 8 amide bonds. The number of aryl methyl sites for hydroxylation is 6. The van der Waals surface area contributed by atoms with E-state index in [0.717, 1.165) is 6.20 Å². The summed E-state index contributed by atoms with van der Waals surface area (Å²) in [6, 6.07) is 2.62. The maximum Gasteiger partial charge on any atom is 0.292 e. The van der Waals surface area contributed by atoms with Crippen molar-refractivity contribution in [2.24, 2.45) is 53.8 Å². The summed E-state index contributed by atoms with van der Waals surface area (Å²) in [5.74, 6) is -5.22. The number of nitrogens with zero attached hydrogens (tertiary/aromatic N) is 13. The van der Waals surface area contributed by atoms with Gasteiger partial charge in [0.1, 0.15) is 5.69 Å². The topological polar surface area (TPSA) is 456 Å². The summed E-state index contributed by atoms with van der Waals surface area (Å²) in [5, 5.41) is 31.5. The molecule has 410 valence electrons. The van der Waals surface area contributed by atoms with Crippen molar-refractivity contribution in [3.05, 3.63) is 102 Å². The number of pyridine rings is 1. The van der Waals surface area contributed by atoms with Crippen LogP contribution in [0, 0.1) is 0 Å². The van der Waals surface area contributed by atoms with Gasteiger partial charge in [0.05, 0.1) is 18.4 Å². The van der Waals surface area contributed by atoms with Gasteiger partial charge in [-0.25, -0.2) is 29.9 Å². The van der Waals surface area contributed by atoms with Crippen molar-refractivity contribution in [2.45, 2.75) is 12.8 Å². The summed E-state index contributed by atoms with van der Waals surface area (Å²) in [7, 11) is 9.23. The molecule has 0 bridgehead atoms. The van der Waals surface area contributed by atoms with Gasteiger partial charge in [0.2, 0.25) is 46.6 Å². The third-order valence-corrected chi connectivity index (χ3v) is 10.6. The minimum Gasteiger partial charge on any atom is -1.00 e. The Kier molecular flexibility index (Phi) is 18.6. The molecule has 0 aliphatic carbocycles. The lowest BCUT2D eigenvalue weighted by Crippen LogP contribution is -3.00. The first-order chi connectivity index (χ1) is 36.0. The van der Waals surface area contributed by atoms with Gasteiger partial charge in [-0.1, -0.05) is 0 Å². The molecule has 7 rings (SSSR count). The highest BCUT2D eigenvalue weighted by molar-refractivity contribution is 6.08. The predicted molar refractivity (Wildman–Crippen MR) is 267 cm³/mol. The van der Waals surface area contributed by atoms with E-state index in [1.165, 1.54) is 105 Å². The number of nitrogens with one attached hydrogen (secondary N) is 8. The molecule has 35 heteroatoms. The van der Waals surface area contributed by atoms with Crippen molar-refractivity contribution in [3.63, 3.8) is 0 Å². The van der Waals surface area contributed by atoms with Gasteiger partial charge < -0.3 is 94.8 Å². The SMILES string of the molecule is Cn1cc(NC(=O)c2nc(NC(=O)c3nc(NC(=O)c4ccc(C(=O)Nc5cn(C)c(C(=O)Nc6cn(C)c(C(=O)Nc7cn(C)c(C(=O)NCCC(N)=[NH2+])n7)n6)n5)nc4)cn3C)cn2C)nc1C(=O)NCCC(N)=[NH2+].[Cl-].[Cl-]. The zero-order chi connectivity index (χ0) is 55.1. The second kappa shape index (κ2) is 24.8. The highest BCUT2D eigenvalue weighted by Gasteiger charge is 2.25. The third-order valence-electron chi connectivity index (χ3n) is 10.6. The van der Waals surface area contributed by atoms with E-state index in [1.54, 1.807) is 14.1 Å². The van der Waals surface area contributed by atoms with E-state index in [2.05, 4.69) is 77.4 Å². The summed E-state index contributed by atoms with van der Waals surface area (Å²) in [5.41, 5.74) is 10.8. The normalized spacial score (nSPS) is 10.5. The first-order valence-electron chi connectivity index (χ1n) is 22.4. The molecule has 0 atom stereocenters. The zero-order valence-electron chi connectivity index (χ0n) is 42.2. The van der Waals surface area contributed by atoms with Gasteiger partial charge in [0.25, 0.3) is 47.3 Å². The fraction of sp³-hybridized carbons (Fsp3) is 0.233. The molecule has 0 unspecified atom stereocenters. The Labute approximate surface area is 452 Å². The van der Waals surface area contributed by atoms with Gasteiger partial charge in [0.15, 0.2) is 34.9 Å². The van der Waals surface area contributed by atoms with Crippen LogP contribution in [-0.4, -0.2) is 134 Å². The van der Waals surface area contributed by atoms with Crippen LogP contribution in [-0.2, 0) is 42.3 Å². The highest BCUT2D eigenvalue weighted by atomic mass is 35.5. The van der Waals surface area contributed by atoms with Crippen molar-refractivity contribution in [3.8, 4) is 0 Å². The minimum atomic E-state index is -0.728. The number of halogens is 2.